The van der Waals surface area contributed by atoms with Crippen LogP contribution >= 0.6 is 11.6 Å². The number of aromatic nitrogens is 4. The molecule has 5 aromatic rings. The number of fused-ring (bicyclic) bond motifs is 1. The SMILES string of the molecule is CN(C)Cc1ccc(Nc2ncc3cc(C=CCNC(=O)c4cc(Cl)nn(Cc5ccc(F)c(F)c5)c4=O)ccc3n2)cc1. The summed E-state index contributed by atoms with van der Waals surface area (Å²) < 4.78 is 27.8. The van der Waals surface area contributed by atoms with E-state index < -0.39 is 23.1 Å². The second-order valence-corrected chi connectivity index (χ2v) is 10.7. The van der Waals surface area contributed by atoms with Crippen molar-refractivity contribution in [2.24, 2.45) is 0 Å². The predicted octanol–water partition coefficient (Wildman–Crippen LogP) is 5.41. The molecule has 0 saturated carbocycles. The van der Waals surface area contributed by atoms with Gasteiger partial charge in [0.05, 0.1) is 12.1 Å². The Kier molecular flexibility index (Phi) is 9.37. The number of amides is 1. The van der Waals surface area contributed by atoms with Gasteiger partial charge in [-0.3, -0.25) is 9.59 Å². The molecule has 0 saturated heterocycles. The Labute approximate surface area is 256 Å². The number of carbonyl (C=O) groups is 1. The van der Waals surface area contributed by atoms with Crippen LogP contribution in [-0.2, 0) is 13.1 Å². The molecule has 1 amide bonds. The molecule has 5 rings (SSSR count). The number of hydrogen-bond acceptors (Lipinski definition) is 7. The van der Waals surface area contributed by atoms with Crippen molar-refractivity contribution in [3.05, 3.63) is 128 Å². The highest BCUT2D eigenvalue weighted by Gasteiger charge is 2.15. The molecule has 0 fully saturated rings. The molecule has 2 N–H and O–H groups in total. The van der Waals surface area contributed by atoms with E-state index in [0.29, 0.717) is 5.95 Å². The number of nitrogens with zero attached hydrogens (tertiary/aromatic N) is 5. The summed E-state index contributed by atoms with van der Waals surface area (Å²) in [5, 5.41) is 10.5. The summed E-state index contributed by atoms with van der Waals surface area (Å²) in [5.74, 6) is -2.23. The van der Waals surface area contributed by atoms with E-state index in [1.807, 2.05) is 50.5 Å². The summed E-state index contributed by atoms with van der Waals surface area (Å²) in [5.41, 5.74) is 3.09. The molecular weight excluding hydrogens is 588 g/mol. The van der Waals surface area contributed by atoms with Crippen LogP contribution < -0.4 is 16.2 Å². The first-order valence-corrected chi connectivity index (χ1v) is 14.0. The fourth-order valence-electron chi connectivity index (χ4n) is 4.44. The van der Waals surface area contributed by atoms with Crippen LogP contribution in [0.3, 0.4) is 0 Å². The van der Waals surface area contributed by atoms with Gasteiger partial charge in [0.25, 0.3) is 11.5 Å². The van der Waals surface area contributed by atoms with Crippen LogP contribution in [-0.4, -0.2) is 51.2 Å². The van der Waals surface area contributed by atoms with Crippen LogP contribution in [0.5, 0.6) is 0 Å². The number of benzene rings is 3. The molecule has 9 nitrogen and oxygen atoms in total. The van der Waals surface area contributed by atoms with Gasteiger partial charge in [-0.1, -0.05) is 48.0 Å². The van der Waals surface area contributed by atoms with Crippen LogP contribution in [0.25, 0.3) is 17.0 Å². The lowest BCUT2D eigenvalue weighted by atomic mass is 10.1. The molecular formula is C32H28ClF2N7O2. The smallest absolute Gasteiger partial charge is 0.280 e. The molecule has 2 heterocycles. The van der Waals surface area contributed by atoms with Crippen molar-refractivity contribution in [1.82, 2.24) is 30.0 Å². The van der Waals surface area contributed by atoms with Crippen LogP contribution in [0.15, 0.2) is 83.8 Å². The van der Waals surface area contributed by atoms with E-state index in [9.17, 15) is 18.4 Å². The number of hydrogen-bond donors (Lipinski definition) is 2. The van der Waals surface area contributed by atoms with E-state index in [4.69, 9.17) is 11.6 Å². The molecule has 0 bridgehead atoms. The zero-order chi connectivity index (χ0) is 31.2. The Morgan fingerprint density at radius 1 is 1.00 bits per heavy atom. The van der Waals surface area contributed by atoms with Gasteiger partial charge in [0.2, 0.25) is 5.95 Å². The number of carbonyl (C=O) groups excluding carboxylic acids is 1. The monoisotopic (exact) mass is 615 g/mol. The molecule has 3 aromatic carbocycles. The lowest BCUT2D eigenvalue weighted by Gasteiger charge is -2.11. The summed E-state index contributed by atoms with van der Waals surface area (Å²) >= 11 is 6.03. The molecule has 0 spiro atoms. The third-order valence-corrected chi connectivity index (χ3v) is 6.69. The van der Waals surface area contributed by atoms with Gasteiger partial charge in [0, 0.05) is 30.4 Å². The third kappa shape index (κ3) is 7.68. The third-order valence-electron chi connectivity index (χ3n) is 6.51. The Morgan fingerprint density at radius 3 is 2.52 bits per heavy atom. The maximum absolute atomic E-state index is 13.6. The van der Waals surface area contributed by atoms with E-state index in [1.165, 1.54) is 11.6 Å². The minimum atomic E-state index is -1.06. The van der Waals surface area contributed by atoms with Gasteiger partial charge in [0.15, 0.2) is 16.8 Å². The lowest BCUT2D eigenvalue weighted by Crippen LogP contribution is -2.34. The maximum atomic E-state index is 13.6. The summed E-state index contributed by atoms with van der Waals surface area (Å²) in [7, 11) is 4.06. The normalized spacial score (nSPS) is 11.4. The van der Waals surface area contributed by atoms with Crippen LogP contribution in [0.4, 0.5) is 20.4 Å². The second kappa shape index (κ2) is 13.5. The number of rotatable bonds is 10. The Bertz CT molecular complexity index is 1910. The zero-order valence-corrected chi connectivity index (χ0v) is 24.6. The minimum absolute atomic E-state index is 0.0949. The number of halogens is 3. The summed E-state index contributed by atoms with van der Waals surface area (Å²) in [4.78, 5) is 36.7. The molecule has 12 heteroatoms. The van der Waals surface area contributed by atoms with Gasteiger partial charge in [-0.15, -0.1) is 0 Å². The summed E-state index contributed by atoms with van der Waals surface area (Å²) in [6, 6.07) is 18.2. The van der Waals surface area contributed by atoms with Crippen LogP contribution in [0.2, 0.25) is 5.15 Å². The number of anilines is 2. The van der Waals surface area contributed by atoms with E-state index in [1.54, 1.807) is 12.3 Å². The van der Waals surface area contributed by atoms with Gasteiger partial charge < -0.3 is 15.5 Å². The molecule has 0 radical (unpaired) electrons. The fraction of sp³-hybridized carbons (Fsp3) is 0.156. The molecule has 0 aliphatic heterocycles. The summed E-state index contributed by atoms with van der Waals surface area (Å²) in [6.07, 6.45) is 5.29. The molecule has 0 unspecified atom stereocenters. The minimum Gasteiger partial charge on any atom is -0.348 e. The first-order chi connectivity index (χ1) is 21.1. The lowest BCUT2D eigenvalue weighted by molar-refractivity contribution is 0.0955. The largest absolute Gasteiger partial charge is 0.348 e. The van der Waals surface area contributed by atoms with E-state index in [0.717, 1.165) is 51.6 Å². The molecule has 44 heavy (non-hydrogen) atoms. The first-order valence-electron chi connectivity index (χ1n) is 13.6. The Balaban J connectivity index is 1.20. The highest BCUT2D eigenvalue weighted by atomic mass is 35.5. The molecule has 2 aromatic heterocycles. The van der Waals surface area contributed by atoms with Gasteiger partial charge >= 0.3 is 0 Å². The van der Waals surface area contributed by atoms with Crippen molar-refractivity contribution in [2.45, 2.75) is 13.1 Å². The second-order valence-electron chi connectivity index (χ2n) is 10.3. The van der Waals surface area contributed by atoms with Crippen molar-refractivity contribution in [3.8, 4) is 0 Å². The quantitative estimate of drug-likeness (QED) is 0.216. The van der Waals surface area contributed by atoms with Gasteiger partial charge in [0.1, 0.15) is 5.56 Å². The standard InChI is InChI=1S/C32H28ClF2N7O2/c1-41(2)18-21-5-9-24(10-6-21)38-32-37-17-23-14-20(8-12-28(23)39-32)4-3-13-36-30(43)25-16-29(33)40-42(31(25)44)19-22-7-11-26(34)27(35)15-22/h3-12,14-17H,13,18-19H2,1-2H3,(H,36,43)(H,37,38,39). The average Bonchev–Trinajstić information content (AvgIpc) is 2.99. The molecule has 0 aliphatic carbocycles. The predicted molar refractivity (Wildman–Crippen MR) is 167 cm³/mol. The molecule has 0 aliphatic rings. The summed E-state index contributed by atoms with van der Waals surface area (Å²) in [6.45, 7) is 0.803. The topological polar surface area (TPSA) is 105 Å². The zero-order valence-electron chi connectivity index (χ0n) is 23.9. The van der Waals surface area contributed by atoms with E-state index in [2.05, 4.69) is 42.7 Å². The van der Waals surface area contributed by atoms with Crippen molar-refractivity contribution in [2.75, 3.05) is 26.0 Å². The Morgan fingerprint density at radius 2 is 1.77 bits per heavy atom. The Hall–Kier alpha value is -5.00. The highest BCUT2D eigenvalue weighted by Crippen LogP contribution is 2.19. The number of nitrogens with one attached hydrogen (secondary N) is 2. The van der Waals surface area contributed by atoms with Crippen LogP contribution in [0, 0.1) is 11.6 Å². The van der Waals surface area contributed by atoms with E-state index >= 15 is 0 Å². The van der Waals surface area contributed by atoms with Crippen LogP contribution in [0.1, 0.15) is 27.0 Å². The molecule has 224 valence electrons. The van der Waals surface area contributed by atoms with Crippen molar-refractivity contribution < 1.29 is 13.6 Å². The first kappa shape index (κ1) is 30.5. The van der Waals surface area contributed by atoms with E-state index in [-0.39, 0.29) is 29.4 Å². The maximum Gasteiger partial charge on any atom is 0.280 e. The van der Waals surface area contributed by atoms with Crippen molar-refractivity contribution >= 4 is 46.1 Å². The average molecular weight is 616 g/mol. The molecule has 0 atom stereocenters. The van der Waals surface area contributed by atoms with Gasteiger partial charge in [-0.05, 0) is 73.3 Å². The fourth-order valence-corrected chi connectivity index (χ4v) is 4.64. The van der Waals surface area contributed by atoms with Gasteiger partial charge in [-0.2, -0.15) is 5.10 Å². The highest BCUT2D eigenvalue weighted by molar-refractivity contribution is 6.29. The van der Waals surface area contributed by atoms with Gasteiger partial charge in [-0.25, -0.2) is 23.4 Å². The van der Waals surface area contributed by atoms with Crippen molar-refractivity contribution in [3.63, 3.8) is 0 Å². The van der Waals surface area contributed by atoms with Crippen molar-refractivity contribution in [1.29, 1.82) is 0 Å².